The molecule has 0 amide bonds. The summed E-state index contributed by atoms with van der Waals surface area (Å²) in [6.07, 6.45) is 6.78. The van der Waals surface area contributed by atoms with E-state index < -0.39 is 0 Å². The molecular formula is C26H33N7O. The van der Waals surface area contributed by atoms with Crippen LogP contribution >= 0.6 is 0 Å². The van der Waals surface area contributed by atoms with Gasteiger partial charge in [0.1, 0.15) is 18.0 Å². The van der Waals surface area contributed by atoms with Gasteiger partial charge in [-0.15, -0.1) is 10.2 Å². The van der Waals surface area contributed by atoms with Gasteiger partial charge in [-0.05, 0) is 43.7 Å². The molecule has 178 valence electrons. The van der Waals surface area contributed by atoms with E-state index in [0.717, 1.165) is 46.2 Å². The van der Waals surface area contributed by atoms with E-state index in [4.69, 9.17) is 9.72 Å². The van der Waals surface area contributed by atoms with Gasteiger partial charge in [0.2, 0.25) is 11.5 Å². The summed E-state index contributed by atoms with van der Waals surface area (Å²) in [5.41, 5.74) is 4.33. The number of benzene rings is 1. The van der Waals surface area contributed by atoms with Gasteiger partial charge < -0.3 is 15.0 Å². The van der Waals surface area contributed by atoms with Crippen molar-refractivity contribution in [2.24, 2.45) is 5.92 Å². The fourth-order valence-corrected chi connectivity index (χ4v) is 4.80. The third-order valence-electron chi connectivity index (χ3n) is 6.78. The Hall–Kier alpha value is -3.42. The highest BCUT2D eigenvalue weighted by atomic mass is 16.5. The second-order valence-electron chi connectivity index (χ2n) is 9.06. The van der Waals surface area contributed by atoms with Gasteiger partial charge in [0, 0.05) is 18.5 Å². The summed E-state index contributed by atoms with van der Waals surface area (Å²) in [6, 6.07) is 10.9. The highest BCUT2D eigenvalue weighted by Crippen LogP contribution is 2.35. The normalized spacial score (nSPS) is 19.8. The molecule has 0 unspecified atom stereocenters. The molecule has 0 radical (unpaired) electrons. The number of fused-ring (bicyclic) bond motifs is 4. The highest BCUT2D eigenvalue weighted by molar-refractivity contribution is 5.92. The van der Waals surface area contributed by atoms with Crippen LogP contribution in [-0.2, 0) is 0 Å². The molecule has 1 aliphatic heterocycles. The molecule has 4 aromatic rings. The molecule has 1 fully saturated rings. The predicted octanol–water partition coefficient (Wildman–Crippen LogP) is 5.18. The summed E-state index contributed by atoms with van der Waals surface area (Å²) < 4.78 is 7.63. The molecule has 3 aromatic heterocycles. The Balaban J connectivity index is 0.00000117. The standard InChI is InChI=1S/C24H27N7O.C2H6/c1-15-6-9-17(10-7-15)26-18-5-3-4-16-8-11-19(27-21(16)18)23-28-29-24-22-20(14-25-31(23)24)30(2)12-13-32-22;1-2/h3-5,8,11,14-15,17,26H,6-7,9-10,12-13H2,1-2H3;1-2H3. The van der Waals surface area contributed by atoms with Crippen LogP contribution < -0.4 is 15.0 Å². The quantitative estimate of drug-likeness (QED) is 0.452. The molecule has 0 atom stereocenters. The van der Waals surface area contributed by atoms with E-state index in [1.54, 1.807) is 4.52 Å². The van der Waals surface area contributed by atoms with Crippen LogP contribution in [0.2, 0.25) is 0 Å². The summed E-state index contributed by atoms with van der Waals surface area (Å²) in [7, 11) is 2.03. The Bertz CT molecular complexity index is 1290. The topological polar surface area (TPSA) is 80.5 Å². The van der Waals surface area contributed by atoms with Crippen LogP contribution in [0.3, 0.4) is 0 Å². The molecule has 0 bridgehead atoms. The van der Waals surface area contributed by atoms with Gasteiger partial charge in [0.15, 0.2) is 5.75 Å². The lowest BCUT2D eigenvalue weighted by atomic mass is 9.87. The summed E-state index contributed by atoms with van der Waals surface area (Å²) in [4.78, 5) is 7.12. The zero-order valence-electron chi connectivity index (χ0n) is 20.5. The molecule has 1 aromatic carbocycles. The van der Waals surface area contributed by atoms with Crippen molar-refractivity contribution in [3.8, 4) is 17.3 Å². The number of aromatic nitrogens is 5. The van der Waals surface area contributed by atoms with Gasteiger partial charge >= 0.3 is 0 Å². The second kappa shape index (κ2) is 9.44. The Morgan fingerprint density at radius 3 is 2.68 bits per heavy atom. The molecule has 0 saturated heterocycles. The molecule has 8 heteroatoms. The zero-order chi connectivity index (χ0) is 23.7. The van der Waals surface area contributed by atoms with Crippen molar-refractivity contribution in [2.75, 3.05) is 30.4 Å². The van der Waals surface area contributed by atoms with Crippen molar-refractivity contribution >= 4 is 27.9 Å². The van der Waals surface area contributed by atoms with E-state index in [9.17, 15) is 0 Å². The van der Waals surface area contributed by atoms with Crippen LogP contribution in [0, 0.1) is 5.92 Å². The minimum absolute atomic E-state index is 0.499. The minimum Gasteiger partial charge on any atom is -0.486 e. The van der Waals surface area contributed by atoms with Crippen molar-refractivity contribution < 1.29 is 4.74 Å². The number of hydrogen-bond donors (Lipinski definition) is 1. The number of anilines is 2. The van der Waals surface area contributed by atoms with Gasteiger partial charge in [-0.1, -0.05) is 39.0 Å². The van der Waals surface area contributed by atoms with Crippen LogP contribution in [0.1, 0.15) is 46.5 Å². The molecular weight excluding hydrogens is 426 g/mol. The second-order valence-corrected chi connectivity index (χ2v) is 9.06. The SMILES string of the molecule is CC.CC1CCC(Nc2cccc3ccc(-c4nnc5c6c(cnn45)N(C)CCO6)nc23)CC1. The molecule has 34 heavy (non-hydrogen) atoms. The number of nitrogens with one attached hydrogen (secondary N) is 1. The first kappa shape index (κ1) is 22.4. The first-order valence-electron chi connectivity index (χ1n) is 12.4. The average molecular weight is 460 g/mol. The largest absolute Gasteiger partial charge is 0.486 e. The summed E-state index contributed by atoms with van der Waals surface area (Å²) >= 11 is 0. The first-order chi connectivity index (χ1) is 16.7. The van der Waals surface area contributed by atoms with E-state index in [0.29, 0.717) is 24.1 Å². The molecule has 1 saturated carbocycles. The van der Waals surface area contributed by atoms with E-state index in [-0.39, 0.29) is 0 Å². The van der Waals surface area contributed by atoms with E-state index in [2.05, 4.69) is 56.7 Å². The number of hydrogen-bond acceptors (Lipinski definition) is 7. The van der Waals surface area contributed by atoms with Gasteiger partial charge in [-0.3, -0.25) is 0 Å². The number of pyridine rings is 1. The maximum absolute atomic E-state index is 5.90. The highest BCUT2D eigenvalue weighted by Gasteiger charge is 2.23. The Labute approximate surface area is 200 Å². The lowest BCUT2D eigenvalue weighted by Gasteiger charge is -2.28. The van der Waals surface area contributed by atoms with Gasteiger partial charge in [0.25, 0.3) is 0 Å². The van der Waals surface area contributed by atoms with Gasteiger partial charge in [-0.25, -0.2) is 4.98 Å². The zero-order valence-corrected chi connectivity index (χ0v) is 20.5. The van der Waals surface area contributed by atoms with Crippen LogP contribution in [0.25, 0.3) is 28.1 Å². The summed E-state index contributed by atoms with van der Waals surface area (Å²) in [5, 5.41) is 18.3. The molecule has 2 aliphatic rings. The monoisotopic (exact) mass is 459 g/mol. The molecule has 1 aliphatic carbocycles. The van der Waals surface area contributed by atoms with Gasteiger partial charge in [-0.2, -0.15) is 9.61 Å². The van der Waals surface area contributed by atoms with Crippen molar-refractivity contribution in [3.05, 3.63) is 36.5 Å². The fraction of sp³-hybridized carbons (Fsp3) is 0.462. The van der Waals surface area contributed by atoms with Crippen LogP contribution in [0.4, 0.5) is 11.4 Å². The molecule has 1 N–H and O–H groups in total. The number of para-hydroxylation sites is 1. The Morgan fingerprint density at radius 1 is 1.03 bits per heavy atom. The Morgan fingerprint density at radius 2 is 1.85 bits per heavy atom. The van der Waals surface area contributed by atoms with E-state index in [1.165, 1.54) is 25.7 Å². The molecule has 0 spiro atoms. The maximum Gasteiger partial charge on any atom is 0.222 e. The van der Waals surface area contributed by atoms with Crippen molar-refractivity contribution in [1.29, 1.82) is 0 Å². The summed E-state index contributed by atoms with van der Waals surface area (Å²) in [6.45, 7) is 7.79. The van der Waals surface area contributed by atoms with Gasteiger partial charge in [0.05, 0.1) is 23.9 Å². The number of nitrogens with zero attached hydrogens (tertiary/aromatic N) is 6. The Kier molecular flexibility index (Phi) is 6.22. The van der Waals surface area contributed by atoms with Crippen LogP contribution in [0.5, 0.6) is 5.75 Å². The third-order valence-corrected chi connectivity index (χ3v) is 6.78. The number of likely N-dealkylation sites (N-methyl/N-ethyl adjacent to an activating group) is 1. The number of ether oxygens (including phenoxy) is 1. The molecule has 8 nitrogen and oxygen atoms in total. The van der Waals surface area contributed by atoms with Crippen LogP contribution in [-0.4, -0.2) is 51.0 Å². The van der Waals surface area contributed by atoms with Crippen molar-refractivity contribution in [2.45, 2.75) is 52.5 Å². The lowest BCUT2D eigenvalue weighted by molar-refractivity contribution is 0.312. The van der Waals surface area contributed by atoms with Crippen LogP contribution in [0.15, 0.2) is 36.5 Å². The summed E-state index contributed by atoms with van der Waals surface area (Å²) in [5.74, 6) is 2.17. The van der Waals surface area contributed by atoms with Crippen molar-refractivity contribution in [3.63, 3.8) is 0 Å². The average Bonchev–Trinajstić information content (AvgIpc) is 3.32. The fourth-order valence-electron chi connectivity index (χ4n) is 4.80. The number of rotatable bonds is 3. The molecule has 6 rings (SSSR count). The smallest absolute Gasteiger partial charge is 0.222 e. The molecule has 4 heterocycles. The minimum atomic E-state index is 0.499. The maximum atomic E-state index is 5.90. The van der Waals surface area contributed by atoms with E-state index >= 15 is 0 Å². The lowest BCUT2D eigenvalue weighted by Crippen LogP contribution is -2.29. The predicted molar refractivity (Wildman–Crippen MR) is 137 cm³/mol. The van der Waals surface area contributed by atoms with E-state index in [1.807, 2.05) is 33.2 Å². The van der Waals surface area contributed by atoms with Crippen molar-refractivity contribution in [1.82, 2.24) is 24.8 Å². The first-order valence-corrected chi connectivity index (χ1v) is 12.4. The third kappa shape index (κ3) is 4.02.